The lowest BCUT2D eigenvalue weighted by Crippen LogP contribution is -2.08. The highest BCUT2D eigenvalue weighted by Crippen LogP contribution is 2.26. The Morgan fingerprint density at radius 1 is 1.40 bits per heavy atom. The van der Waals surface area contributed by atoms with Crippen LogP contribution >= 0.6 is 15.9 Å². The second-order valence-electron chi connectivity index (χ2n) is 4.69. The van der Waals surface area contributed by atoms with Gasteiger partial charge in [-0.2, -0.15) is 5.10 Å². The van der Waals surface area contributed by atoms with Crippen LogP contribution in [0.2, 0.25) is 0 Å². The third-order valence-electron chi connectivity index (χ3n) is 3.13. The van der Waals surface area contributed by atoms with Gasteiger partial charge in [0.2, 0.25) is 0 Å². The van der Waals surface area contributed by atoms with Crippen LogP contribution in [0.5, 0.6) is 0 Å². The summed E-state index contributed by atoms with van der Waals surface area (Å²) in [5.74, 6) is 0.406. The Hall–Kier alpha value is -1.14. The quantitative estimate of drug-likeness (QED) is 0.856. The van der Waals surface area contributed by atoms with Gasteiger partial charge in [0.15, 0.2) is 0 Å². The molecule has 20 heavy (non-hydrogen) atoms. The van der Waals surface area contributed by atoms with E-state index in [4.69, 9.17) is 5.73 Å². The van der Waals surface area contributed by atoms with E-state index >= 15 is 0 Å². The lowest BCUT2D eigenvalue weighted by atomic mass is 10.2. The van der Waals surface area contributed by atoms with Gasteiger partial charge in [0.25, 0.3) is 0 Å². The summed E-state index contributed by atoms with van der Waals surface area (Å²) in [7, 11) is -1.18. The highest BCUT2D eigenvalue weighted by molar-refractivity contribution is 9.10. The molecule has 0 saturated carbocycles. The maximum absolute atomic E-state index is 12.6. The Bertz CT molecular complexity index is 667. The molecule has 1 aromatic carbocycles. The Morgan fingerprint density at radius 2 is 2.10 bits per heavy atom. The number of nitrogens with two attached hydrogens (primary N) is 1. The molecule has 0 radical (unpaired) electrons. The maximum atomic E-state index is 12.6. The molecule has 0 aliphatic heterocycles. The van der Waals surface area contributed by atoms with Crippen molar-refractivity contribution < 1.29 is 4.21 Å². The van der Waals surface area contributed by atoms with Crippen LogP contribution in [0.15, 0.2) is 27.6 Å². The number of rotatable bonds is 4. The summed E-state index contributed by atoms with van der Waals surface area (Å²) in [5, 5.41) is 4.42. The Balaban J connectivity index is 2.35. The molecule has 2 aromatic rings. The van der Waals surface area contributed by atoms with Crippen LogP contribution in [0.1, 0.15) is 23.9 Å². The van der Waals surface area contributed by atoms with E-state index in [9.17, 15) is 4.21 Å². The average Bonchev–Trinajstić information content (AvgIpc) is 2.69. The van der Waals surface area contributed by atoms with Crippen LogP contribution in [0.4, 0.5) is 5.69 Å². The maximum Gasteiger partial charge on any atom is 0.0739 e. The minimum atomic E-state index is -1.18. The minimum absolute atomic E-state index is 0.406. The highest BCUT2D eigenvalue weighted by Gasteiger charge is 2.17. The first-order chi connectivity index (χ1) is 9.43. The van der Waals surface area contributed by atoms with Crippen molar-refractivity contribution >= 4 is 32.4 Å². The first kappa shape index (κ1) is 15.3. The lowest BCUT2D eigenvalue weighted by Gasteiger charge is -2.09. The Labute approximate surface area is 130 Å². The van der Waals surface area contributed by atoms with Gasteiger partial charge in [-0.25, -0.2) is 0 Å². The molecule has 0 spiro atoms. The van der Waals surface area contributed by atoms with E-state index in [2.05, 4.69) is 21.0 Å². The number of aryl methyl sites for hydroxylation is 3. The average molecular weight is 356 g/mol. The molecule has 4 nitrogen and oxygen atoms in total. The largest absolute Gasteiger partial charge is 0.398 e. The molecule has 0 bridgehead atoms. The van der Waals surface area contributed by atoms with Gasteiger partial charge < -0.3 is 5.73 Å². The van der Waals surface area contributed by atoms with E-state index in [1.54, 1.807) is 6.07 Å². The van der Waals surface area contributed by atoms with E-state index in [-0.39, 0.29) is 0 Å². The summed E-state index contributed by atoms with van der Waals surface area (Å²) < 4.78 is 15.4. The van der Waals surface area contributed by atoms with Crippen LogP contribution in [0.3, 0.4) is 0 Å². The third-order valence-corrected chi connectivity index (χ3v) is 5.55. The molecule has 1 atom stereocenters. The Kier molecular flexibility index (Phi) is 4.65. The van der Waals surface area contributed by atoms with Crippen molar-refractivity contribution in [1.29, 1.82) is 0 Å². The van der Waals surface area contributed by atoms with Gasteiger partial charge in [-0.1, -0.05) is 6.07 Å². The van der Waals surface area contributed by atoms with Crippen LogP contribution < -0.4 is 5.73 Å². The molecular weight excluding hydrogens is 338 g/mol. The molecule has 0 aliphatic carbocycles. The monoisotopic (exact) mass is 355 g/mol. The lowest BCUT2D eigenvalue weighted by molar-refractivity contribution is 0.626. The van der Waals surface area contributed by atoms with E-state index in [1.165, 1.54) is 0 Å². The third kappa shape index (κ3) is 2.96. The topological polar surface area (TPSA) is 60.9 Å². The number of benzene rings is 1. The van der Waals surface area contributed by atoms with Crippen LogP contribution in [0.25, 0.3) is 0 Å². The second kappa shape index (κ2) is 6.10. The predicted octanol–water partition coefficient (Wildman–Crippen LogP) is 3.17. The van der Waals surface area contributed by atoms with Crippen molar-refractivity contribution in [2.75, 3.05) is 5.73 Å². The van der Waals surface area contributed by atoms with Gasteiger partial charge in [-0.15, -0.1) is 0 Å². The SMILES string of the molecule is CCn1nc(C)c(Br)c1CS(=O)c1cc(C)ccc1N. The molecule has 0 amide bonds. The van der Waals surface area contributed by atoms with Gasteiger partial charge in [0, 0.05) is 12.2 Å². The van der Waals surface area contributed by atoms with Crippen molar-refractivity contribution in [1.82, 2.24) is 9.78 Å². The van der Waals surface area contributed by atoms with Crippen molar-refractivity contribution in [2.24, 2.45) is 0 Å². The zero-order valence-electron chi connectivity index (χ0n) is 11.8. The summed E-state index contributed by atoms with van der Waals surface area (Å²) in [4.78, 5) is 0.693. The zero-order valence-corrected chi connectivity index (χ0v) is 14.2. The highest BCUT2D eigenvalue weighted by atomic mass is 79.9. The van der Waals surface area contributed by atoms with Crippen molar-refractivity contribution in [3.8, 4) is 0 Å². The van der Waals surface area contributed by atoms with Crippen LogP contribution in [0, 0.1) is 13.8 Å². The van der Waals surface area contributed by atoms with Gasteiger partial charge in [0.05, 0.1) is 37.3 Å². The summed E-state index contributed by atoms with van der Waals surface area (Å²) in [5.41, 5.74) is 9.42. The molecule has 0 saturated heterocycles. The molecular formula is C14H18BrN3OS. The molecule has 0 fully saturated rings. The zero-order chi connectivity index (χ0) is 14.9. The first-order valence-electron chi connectivity index (χ1n) is 6.40. The number of hydrogen-bond acceptors (Lipinski definition) is 3. The van der Waals surface area contributed by atoms with Crippen LogP contribution in [-0.4, -0.2) is 14.0 Å². The van der Waals surface area contributed by atoms with E-state index in [1.807, 2.05) is 37.6 Å². The summed E-state index contributed by atoms with van der Waals surface area (Å²) >= 11 is 3.53. The fourth-order valence-electron chi connectivity index (χ4n) is 2.05. The van der Waals surface area contributed by atoms with Gasteiger partial charge in [-0.05, 0) is 54.4 Å². The fraction of sp³-hybridized carbons (Fsp3) is 0.357. The normalized spacial score (nSPS) is 12.6. The van der Waals surface area contributed by atoms with Crippen LogP contribution in [-0.2, 0) is 23.1 Å². The van der Waals surface area contributed by atoms with Crippen molar-refractivity contribution in [3.05, 3.63) is 39.6 Å². The van der Waals surface area contributed by atoms with E-state index in [0.29, 0.717) is 16.3 Å². The first-order valence-corrected chi connectivity index (χ1v) is 8.51. The molecule has 1 heterocycles. The Morgan fingerprint density at radius 3 is 2.75 bits per heavy atom. The summed E-state index contributed by atoms with van der Waals surface area (Å²) in [6.07, 6.45) is 0. The number of aromatic nitrogens is 2. The van der Waals surface area contributed by atoms with Gasteiger partial charge in [-0.3, -0.25) is 8.89 Å². The van der Waals surface area contributed by atoms with E-state index < -0.39 is 10.8 Å². The summed E-state index contributed by atoms with van der Waals surface area (Å²) in [6.45, 7) is 6.68. The number of halogens is 1. The number of hydrogen-bond donors (Lipinski definition) is 1. The van der Waals surface area contributed by atoms with Crippen molar-refractivity contribution in [3.63, 3.8) is 0 Å². The molecule has 2 rings (SSSR count). The predicted molar refractivity (Wildman–Crippen MR) is 86.0 cm³/mol. The van der Waals surface area contributed by atoms with Gasteiger partial charge in [0.1, 0.15) is 0 Å². The van der Waals surface area contributed by atoms with Crippen molar-refractivity contribution in [2.45, 2.75) is 38.0 Å². The second-order valence-corrected chi connectivity index (χ2v) is 6.91. The van der Waals surface area contributed by atoms with Gasteiger partial charge >= 0.3 is 0 Å². The molecule has 0 aliphatic rings. The van der Waals surface area contributed by atoms with E-state index in [0.717, 1.165) is 28.0 Å². The molecule has 1 unspecified atom stereocenters. The molecule has 108 valence electrons. The summed E-state index contributed by atoms with van der Waals surface area (Å²) in [6, 6.07) is 5.62. The number of nitrogen functional groups attached to an aromatic ring is 1. The molecule has 1 aromatic heterocycles. The smallest absolute Gasteiger partial charge is 0.0739 e. The minimum Gasteiger partial charge on any atom is -0.398 e. The molecule has 2 N–H and O–H groups in total. The number of nitrogens with zero attached hydrogens (tertiary/aromatic N) is 2. The standard InChI is InChI=1S/C14H18BrN3OS/c1-4-18-12(14(15)10(3)17-18)8-20(19)13-7-9(2)5-6-11(13)16/h5-7H,4,8,16H2,1-3H3. The molecule has 6 heteroatoms. The number of anilines is 1. The fourth-order valence-corrected chi connectivity index (χ4v) is 4.00.